The van der Waals surface area contributed by atoms with Crippen molar-refractivity contribution in [1.82, 2.24) is 4.90 Å². The molecule has 0 bridgehead atoms. The molecule has 4 nitrogen and oxygen atoms in total. The largest absolute Gasteiger partial charge is 0.325 e. The zero-order valence-corrected chi connectivity index (χ0v) is 13.5. The number of carbonyl (C=O) groups is 1. The average molecular weight is 315 g/mol. The van der Waals surface area contributed by atoms with Gasteiger partial charge in [0.05, 0.1) is 5.69 Å². The van der Waals surface area contributed by atoms with Gasteiger partial charge in [-0.15, -0.1) is 0 Å². The number of carbonyl (C=O) groups excluding carboxylic acids is 1. The van der Waals surface area contributed by atoms with E-state index in [0.29, 0.717) is 5.92 Å². The molecule has 0 atom stereocenters. The van der Waals surface area contributed by atoms with Gasteiger partial charge in [-0.2, -0.15) is 0 Å². The zero-order chi connectivity index (χ0) is 15.5. The molecule has 2 aromatic rings. The van der Waals surface area contributed by atoms with Gasteiger partial charge in [0, 0.05) is 23.4 Å². The molecule has 1 aliphatic heterocycles. The Hall–Kier alpha value is -1.72. The number of likely N-dealkylation sites (tertiary alicyclic amines) is 1. The van der Waals surface area contributed by atoms with Crippen molar-refractivity contribution in [2.24, 2.45) is 11.1 Å². The van der Waals surface area contributed by atoms with E-state index in [-0.39, 0.29) is 6.03 Å². The predicted molar refractivity (Wildman–Crippen MR) is 93.0 cm³/mol. The molecule has 0 aliphatic carbocycles. The molecule has 1 fully saturated rings. The Morgan fingerprint density at radius 3 is 2.59 bits per heavy atom. The average Bonchev–Trinajstić information content (AvgIpc) is 2.55. The van der Waals surface area contributed by atoms with Crippen molar-refractivity contribution >= 4 is 34.4 Å². The third-order valence-corrected chi connectivity index (χ3v) is 4.93. The van der Waals surface area contributed by atoms with Gasteiger partial charge in [0.1, 0.15) is 0 Å². The summed E-state index contributed by atoms with van der Waals surface area (Å²) >= 11 is 1.23. The lowest BCUT2D eigenvalue weighted by Gasteiger charge is -2.30. The van der Waals surface area contributed by atoms with Gasteiger partial charge in [-0.05, 0) is 48.2 Å². The fourth-order valence-corrected chi connectivity index (χ4v) is 3.36. The molecule has 116 valence electrons. The van der Waals surface area contributed by atoms with E-state index in [2.05, 4.69) is 12.2 Å². The molecule has 0 unspecified atom stereocenters. The number of amides is 2. The van der Waals surface area contributed by atoms with E-state index in [1.165, 1.54) is 11.9 Å². The van der Waals surface area contributed by atoms with Crippen molar-refractivity contribution in [3.05, 3.63) is 36.4 Å². The van der Waals surface area contributed by atoms with Crippen LogP contribution in [-0.4, -0.2) is 24.0 Å². The molecule has 0 spiro atoms. The van der Waals surface area contributed by atoms with Crippen molar-refractivity contribution in [3.63, 3.8) is 0 Å². The first-order chi connectivity index (χ1) is 10.7. The summed E-state index contributed by atoms with van der Waals surface area (Å²) in [5.41, 5.74) is 0.844. The third-order valence-electron chi connectivity index (χ3n) is 4.32. The Balaban J connectivity index is 1.83. The Bertz CT molecular complexity index is 681. The Kier molecular flexibility index (Phi) is 4.55. The standard InChI is InChI=1S/C17H21N3OS/c1-12-8-10-20(11-9-12)17(21)19-15-6-2-5-14-13(15)4-3-7-16(14)22-18/h2-7,12H,8-11,18H2,1H3,(H,19,21). The fourth-order valence-electron chi connectivity index (χ4n) is 2.90. The summed E-state index contributed by atoms with van der Waals surface area (Å²) in [7, 11) is 0. The first-order valence-corrected chi connectivity index (χ1v) is 8.51. The van der Waals surface area contributed by atoms with Gasteiger partial charge in [-0.1, -0.05) is 31.2 Å². The van der Waals surface area contributed by atoms with Gasteiger partial charge < -0.3 is 10.2 Å². The van der Waals surface area contributed by atoms with Crippen LogP contribution in [0.25, 0.3) is 10.8 Å². The number of anilines is 1. The zero-order valence-electron chi connectivity index (χ0n) is 12.7. The highest BCUT2D eigenvalue weighted by atomic mass is 32.2. The summed E-state index contributed by atoms with van der Waals surface area (Å²) in [4.78, 5) is 15.4. The second-order valence-electron chi connectivity index (χ2n) is 5.87. The molecule has 0 aromatic heterocycles. The maximum Gasteiger partial charge on any atom is 0.321 e. The maximum atomic E-state index is 12.5. The van der Waals surface area contributed by atoms with E-state index in [1.54, 1.807) is 0 Å². The highest BCUT2D eigenvalue weighted by Crippen LogP contribution is 2.30. The highest BCUT2D eigenvalue weighted by Gasteiger charge is 2.20. The van der Waals surface area contributed by atoms with Gasteiger partial charge in [0.2, 0.25) is 0 Å². The van der Waals surface area contributed by atoms with Crippen LogP contribution < -0.4 is 10.5 Å². The maximum absolute atomic E-state index is 12.5. The molecule has 1 heterocycles. The van der Waals surface area contributed by atoms with E-state index >= 15 is 0 Å². The summed E-state index contributed by atoms with van der Waals surface area (Å²) in [5, 5.41) is 10.9. The normalized spacial score (nSPS) is 16.0. The lowest BCUT2D eigenvalue weighted by Crippen LogP contribution is -2.40. The lowest BCUT2D eigenvalue weighted by molar-refractivity contribution is 0.186. The number of nitrogens with two attached hydrogens (primary N) is 1. The van der Waals surface area contributed by atoms with E-state index in [4.69, 9.17) is 5.14 Å². The van der Waals surface area contributed by atoms with Crippen LogP contribution in [0, 0.1) is 5.92 Å². The molecule has 0 saturated carbocycles. The molecule has 3 N–H and O–H groups in total. The highest BCUT2D eigenvalue weighted by molar-refractivity contribution is 7.97. The van der Waals surface area contributed by atoms with Crippen LogP contribution in [0.1, 0.15) is 19.8 Å². The van der Waals surface area contributed by atoms with E-state index < -0.39 is 0 Å². The Morgan fingerprint density at radius 1 is 1.18 bits per heavy atom. The van der Waals surface area contributed by atoms with Crippen LogP contribution in [-0.2, 0) is 0 Å². The number of fused-ring (bicyclic) bond motifs is 1. The van der Waals surface area contributed by atoms with E-state index in [1.807, 2.05) is 41.3 Å². The summed E-state index contributed by atoms with van der Waals surface area (Å²) in [6.45, 7) is 3.91. The van der Waals surface area contributed by atoms with Crippen molar-refractivity contribution < 1.29 is 4.79 Å². The smallest absolute Gasteiger partial charge is 0.321 e. The number of nitrogens with zero attached hydrogens (tertiary/aromatic N) is 1. The molecule has 1 saturated heterocycles. The van der Waals surface area contributed by atoms with Gasteiger partial charge in [0.15, 0.2) is 0 Å². The third kappa shape index (κ3) is 3.05. The van der Waals surface area contributed by atoms with Crippen molar-refractivity contribution in [2.75, 3.05) is 18.4 Å². The van der Waals surface area contributed by atoms with Gasteiger partial charge in [-0.3, -0.25) is 5.14 Å². The summed E-state index contributed by atoms with van der Waals surface area (Å²) < 4.78 is 0. The Labute approximate surface area is 135 Å². The fraction of sp³-hybridized carbons (Fsp3) is 0.353. The molecule has 22 heavy (non-hydrogen) atoms. The van der Waals surface area contributed by atoms with Crippen molar-refractivity contribution in [1.29, 1.82) is 0 Å². The van der Waals surface area contributed by atoms with E-state index in [0.717, 1.165) is 47.3 Å². The SMILES string of the molecule is CC1CCN(C(=O)Nc2cccc3c(SN)cccc23)CC1. The molecule has 0 radical (unpaired) electrons. The van der Waals surface area contributed by atoms with Crippen LogP contribution >= 0.6 is 11.9 Å². The quantitative estimate of drug-likeness (QED) is 0.821. The second kappa shape index (κ2) is 6.58. The predicted octanol–water partition coefficient (Wildman–Crippen LogP) is 4.07. The molecule has 5 heteroatoms. The Morgan fingerprint density at radius 2 is 1.86 bits per heavy atom. The van der Waals surface area contributed by atoms with Gasteiger partial charge >= 0.3 is 6.03 Å². The van der Waals surface area contributed by atoms with Gasteiger partial charge in [0.25, 0.3) is 0 Å². The topological polar surface area (TPSA) is 58.4 Å². The summed E-state index contributed by atoms with van der Waals surface area (Å²) in [5.74, 6) is 0.714. The molecule has 2 amide bonds. The van der Waals surface area contributed by atoms with E-state index in [9.17, 15) is 4.79 Å². The van der Waals surface area contributed by atoms with Crippen LogP contribution in [0.4, 0.5) is 10.5 Å². The molecule has 1 aliphatic rings. The van der Waals surface area contributed by atoms with Crippen LogP contribution in [0.15, 0.2) is 41.3 Å². The number of piperidine rings is 1. The minimum atomic E-state index is -0.00907. The molecule has 2 aromatic carbocycles. The number of rotatable bonds is 2. The van der Waals surface area contributed by atoms with Gasteiger partial charge in [-0.25, -0.2) is 4.79 Å². The first kappa shape index (κ1) is 15.2. The summed E-state index contributed by atoms with van der Waals surface area (Å²) in [6, 6.07) is 11.9. The molecular weight excluding hydrogens is 294 g/mol. The first-order valence-electron chi connectivity index (χ1n) is 7.63. The summed E-state index contributed by atoms with van der Waals surface area (Å²) in [6.07, 6.45) is 2.16. The number of hydrogen-bond acceptors (Lipinski definition) is 3. The minimum Gasteiger partial charge on any atom is -0.325 e. The monoisotopic (exact) mass is 315 g/mol. The van der Waals surface area contributed by atoms with Crippen molar-refractivity contribution in [2.45, 2.75) is 24.7 Å². The number of urea groups is 1. The number of benzene rings is 2. The minimum absolute atomic E-state index is 0.00907. The van der Waals surface area contributed by atoms with Crippen LogP contribution in [0.2, 0.25) is 0 Å². The lowest BCUT2D eigenvalue weighted by atomic mass is 10.00. The second-order valence-corrected chi connectivity index (χ2v) is 6.55. The van der Waals surface area contributed by atoms with Crippen molar-refractivity contribution in [3.8, 4) is 0 Å². The molecular formula is C17H21N3OS. The van der Waals surface area contributed by atoms with Crippen LogP contribution in [0.5, 0.6) is 0 Å². The molecule has 3 rings (SSSR count). The number of hydrogen-bond donors (Lipinski definition) is 2. The number of nitrogens with one attached hydrogen (secondary N) is 1. The van der Waals surface area contributed by atoms with Crippen LogP contribution in [0.3, 0.4) is 0 Å².